The van der Waals surface area contributed by atoms with E-state index in [0.717, 1.165) is 35.9 Å². The molecule has 1 aromatic carbocycles. The highest BCUT2D eigenvalue weighted by Gasteiger charge is 2.24. The van der Waals surface area contributed by atoms with Crippen molar-refractivity contribution >= 4 is 28.5 Å². The van der Waals surface area contributed by atoms with E-state index in [1.54, 1.807) is 18.3 Å². The SMILES string of the molecule is COC(=O)c1ncc(-c2ccnc(-c3nn(C4CCCCO4)c4ccc(OC(C)C)cc34)n2)cc1Cl. The van der Waals surface area contributed by atoms with Crippen LogP contribution in [-0.2, 0) is 9.47 Å². The number of benzene rings is 1. The van der Waals surface area contributed by atoms with E-state index in [0.29, 0.717) is 29.4 Å². The number of methoxy groups -OCH3 is 1. The molecule has 1 saturated heterocycles. The van der Waals surface area contributed by atoms with Gasteiger partial charge in [-0.05, 0) is 63.4 Å². The van der Waals surface area contributed by atoms with Gasteiger partial charge in [0.1, 0.15) is 11.4 Å². The van der Waals surface area contributed by atoms with Crippen LogP contribution in [0.3, 0.4) is 0 Å². The van der Waals surface area contributed by atoms with Crippen LogP contribution in [0, 0.1) is 0 Å². The number of carbonyl (C=O) groups is 1. The topological polar surface area (TPSA) is 101 Å². The van der Waals surface area contributed by atoms with E-state index >= 15 is 0 Å². The third-order valence-electron chi connectivity index (χ3n) is 5.86. The average molecular weight is 508 g/mol. The second kappa shape index (κ2) is 10.2. The minimum Gasteiger partial charge on any atom is -0.491 e. The molecule has 1 unspecified atom stereocenters. The summed E-state index contributed by atoms with van der Waals surface area (Å²) in [5.74, 6) is 0.589. The van der Waals surface area contributed by atoms with Gasteiger partial charge in [0.05, 0.1) is 29.4 Å². The fraction of sp³-hybridized carbons (Fsp3) is 0.346. The van der Waals surface area contributed by atoms with Gasteiger partial charge in [-0.1, -0.05) is 11.6 Å². The highest BCUT2D eigenvalue weighted by atomic mass is 35.5. The molecule has 186 valence electrons. The molecule has 9 nitrogen and oxygen atoms in total. The number of halogens is 1. The van der Waals surface area contributed by atoms with Crippen LogP contribution in [0.15, 0.2) is 42.7 Å². The van der Waals surface area contributed by atoms with Crippen LogP contribution in [0.5, 0.6) is 5.75 Å². The molecular weight excluding hydrogens is 482 g/mol. The summed E-state index contributed by atoms with van der Waals surface area (Å²) >= 11 is 6.29. The maximum atomic E-state index is 11.8. The number of aromatic nitrogens is 5. The van der Waals surface area contributed by atoms with Crippen LogP contribution in [0.25, 0.3) is 33.7 Å². The zero-order valence-electron chi connectivity index (χ0n) is 20.3. The van der Waals surface area contributed by atoms with Crippen molar-refractivity contribution in [2.45, 2.75) is 45.4 Å². The number of ether oxygens (including phenoxy) is 3. The Morgan fingerprint density at radius 2 is 2.06 bits per heavy atom. The number of pyridine rings is 1. The van der Waals surface area contributed by atoms with E-state index in [1.165, 1.54) is 13.3 Å². The second-order valence-electron chi connectivity index (χ2n) is 8.77. The minimum atomic E-state index is -0.601. The predicted octanol–water partition coefficient (Wildman–Crippen LogP) is 5.48. The first-order valence-electron chi connectivity index (χ1n) is 11.8. The minimum absolute atomic E-state index is 0.0346. The van der Waals surface area contributed by atoms with Gasteiger partial charge in [0, 0.05) is 30.0 Å². The molecule has 0 radical (unpaired) electrons. The second-order valence-corrected chi connectivity index (χ2v) is 9.18. The molecule has 0 bridgehead atoms. The zero-order valence-corrected chi connectivity index (χ0v) is 21.0. The van der Waals surface area contributed by atoms with Crippen LogP contribution in [0.4, 0.5) is 0 Å². The summed E-state index contributed by atoms with van der Waals surface area (Å²) < 4.78 is 18.6. The number of esters is 1. The Labute approximate surface area is 213 Å². The molecule has 0 N–H and O–H groups in total. The summed E-state index contributed by atoms with van der Waals surface area (Å²) in [4.78, 5) is 25.3. The molecule has 3 aromatic heterocycles. The fourth-order valence-corrected chi connectivity index (χ4v) is 4.47. The van der Waals surface area contributed by atoms with Crippen molar-refractivity contribution < 1.29 is 19.0 Å². The Morgan fingerprint density at radius 3 is 2.78 bits per heavy atom. The number of carbonyl (C=O) groups excluding carboxylic acids is 1. The van der Waals surface area contributed by atoms with E-state index in [2.05, 4.69) is 9.97 Å². The van der Waals surface area contributed by atoms with Crippen molar-refractivity contribution in [2.24, 2.45) is 0 Å². The molecule has 1 atom stereocenters. The largest absolute Gasteiger partial charge is 0.491 e. The predicted molar refractivity (Wildman–Crippen MR) is 135 cm³/mol. The van der Waals surface area contributed by atoms with E-state index in [4.69, 9.17) is 35.9 Å². The lowest BCUT2D eigenvalue weighted by molar-refractivity contribution is -0.0365. The summed E-state index contributed by atoms with van der Waals surface area (Å²) in [5, 5.41) is 5.96. The van der Waals surface area contributed by atoms with Crippen molar-refractivity contribution in [3.05, 3.63) is 53.4 Å². The summed E-state index contributed by atoms with van der Waals surface area (Å²) in [6.45, 7) is 4.68. The molecule has 4 aromatic rings. The molecule has 1 aliphatic rings. The van der Waals surface area contributed by atoms with E-state index in [1.807, 2.05) is 36.7 Å². The maximum absolute atomic E-state index is 11.8. The molecule has 1 aliphatic heterocycles. The van der Waals surface area contributed by atoms with Gasteiger partial charge in [0.25, 0.3) is 0 Å². The summed E-state index contributed by atoms with van der Waals surface area (Å²) in [6, 6.07) is 9.30. The fourth-order valence-electron chi connectivity index (χ4n) is 4.23. The van der Waals surface area contributed by atoms with Crippen LogP contribution in [0.1, 0.15) is 49.8 Å². The molecule has 0 saturated carbocycles. The summed E-state index contributed by atoms with van der Waals surface area (Å²) in [7, 11) is 1.28. The van der Waals surface area contributed by atoms with Crippen molar-refractivity contribution in [3.63, 3.8) is 0 Å². The Balaban J connectivity index is 1.60. The van der Waals surface area contributed by atoms with Crippen molar-refractivity contribution in [1.82, 2.24) is 24.7 Å². The average Bonchev–Trinajstić information content (AvgIpc) is 3.27. The standard InChI is InChI=1S/C26H26ClN5O4/c1-15(2)36-17-7-8-21-18(13-17)23(31-32(21)22-6-4-5-11-35-22)25-28-10-9-20(30-25)16-12-19(27)24(29-14-16)26(33)34-3/h7-10,12-15,22H,4-6,11H2,1-3H3. The van der Waals surface area contributed by atoms with Crippen LogP contribution in [-0.4, -0.2) is 50.5 Å². The number of fused-ring (bicyclic) bond motifs is 1. The Bertz CT molecular complexity index is 1410. The first kappa shape index (κ1) is 24.1. The van der Waals surface area contributed by atoms with Gasteiger partial charge in [-0.3, -0.25) is 0 Å². The molecule has 5 rings (SSSR count). The van der Waals surface area contributed by atoms with Gasteiger partial charge in [-0.2, -0.15) is 5.10 Å². The zero-order chi connectivity index (χ0) is 25.2. The van der Waals surface area contributed by atoms with Crippen molar-refractivity contribution in [1.29, 1.82) is 0 Å². The van der Waals surface area contributed by atoms with Gasteiger partial charge < -0.3 is 14.2 Å². The molecule has 36 heavy (non-hydrogen) atoms. The normalized spacial score (nSPS) is 15.9. The monoisotopic (exact) mass is 507 g/mol. The molecule has 0 amide bonds. The van der Waals surface area contributed by atoms with Crippen LogP contribution < -0.4 is 4.74 Å². The lowest BCUT2D eigenvalue weighted by Crippen LogP contribution is -2.19. The van der Waals surface area contributed by atoms with Gasteiger partial charge in [-0.15, -0.1) is 0 Å². The van der Waals surface area contributed by atoms with E-state index in [-0.39, 0.29) is 23.0 Å². The molecule has 0 spiro atoms. The van der Waals surface area contributed by atoms with Gasteiger partial charge in [-0.25, -0.2) is 24.4 Å². The third kappa shape index (κ3) is 4.76. The van der Waals surface area contributed by atoms with Gasteiger partial charge in [0.2, 0.25) is 0 Å². The first-order valence-corrected chi connectivity index (χ1v) is 12.2. The Morgan fingerprint density at radius 1 is 1.19 bits per heavy atom. The number of hydrogen-bond donors (Lipinski definition) is 0. The molecule has 10 heteroatoms. The number of hydrogen-bond acceptors (Lipinski definition) is 8. The summed E-state index contributed by atoms with van der Waals surface area (Å²) in [5.41, 5.74) is 2.83. The molecule has 4 heterocycles. The van der Waals surface area contributed by atoms with Gasteiger partial charge >= 0.3 is 5.97 Å². The van der Waals surface area contributed by atoms with Crippen molar-refractivity contribution in [2.75, 3.05) is 13.7 Å². The first-order chi connectivity index (χ1) is 17.4. The van der Waals surface area contributed by atoms with Crippen LogP contribution >= 0.6 is 11.6 Å². The summed E-state index contributed by atoms with van der Waals surface area (Å²) in [6.07, 6.45) is 6.10. The van der Waals surface area contributed by atoms with Crippen LogP contribution in [0.2, 0.25) is 5.02 Å². The highest BCUT2D eigenvalue weighted by Crippen LogP contribution is 2.34. The number of rotatable bonds is 6. The number of nitrogens with zero attached hydrogens (tertiary/aromatic N) is 5. The highest BCUT2D eigenvalue weighted by molar-refractivity contribution is 6.33. The third-order valence-corrected chi connectivity index (χ3v) is 6.15. The van der Waals surface area contributed by atoms with E-state index in [9.17, 15) is 4.79 Å². The smallest absolute Gasteiger partial charge is 0.358 e. The molecule has 1 fully saturated rings. The molecular formula is C26H26ClN5O4. The lowest BCUT2D eigenvalue weighted by Gasteiger charge is -2.23. The van der Waals surface area contributed by atoms with Gasteiger partial charge in [0.15, 0.2) is 17.7 Å². The maximum Gasteiger partial charge on any atom is 0.358 e. The Kier molecular flexibility index (Phi) is 6.84. The quantitative estimate of drug-likeness (QED) is 0.316. The molecule has 0 aliphatic carbocycles. The van der Waals surface area contributed by atoms with Crippen molar-refractivity contribution in [3.8, 4) is 28.5 Å². The Hall–Kier alpha value is -3.56. The van der Waals surface area contributed by atoms with E-state index < -0.39 is 5.97 Å². The lowest BCUT2D eigenvalue weighted by atomic mass is 10.1.